The fourth-order valence-corrected chi connectivity index (χ4v) is 2.35. The SMILES string of the molecule is FC(F)(F)c1cc(Cl)n2ncc(-c3cccc(Cl)c3)c2n1. The molecule has 3 rings (SSSR count). The summed E-state index contributed by atoms with van der Waals surface area (Å²) in [4.78, 5) is 3.62. The molecule has 0 atom stereocenters. The van der Waals surface area contributed by atoms with Crippen molar-refractivity contribution in [3.05, 3.63) is 52.4 Å². The molecule has 8 heteroatoms. The van der Waals surface area contributed by atoms with Crippen LogP contribution >= 0.6 is 23.2 Å². The van der Waals surface area contributed by atoms with E-state index < -0.39 is 11.9 Å². The Labute approximate surface area is 126 Å². The Morgan fingerprint density at radius 1 is 1.10 bits per heavy atom. The number of nitrogens with zero attached hydrogens (tertiary/aromatic N) is 3. The molecule has 0 spiro atoms. The molecule has 108 valence electrons. The lowest BCUT2D eigenvalue weighted by atomic mass is 10.1. The molecule has 1 aromatic carbocycles. The maximum atomic E-state index is 12.8. The lowest BCUT2D eigenvalue weighted by Crippen LogP contribution is -2.10. The molecular formula is C13H6Cl2F3N3. The highest BCUT2D eigenvalue weighted by Gasteiger charge is 2.34. The van der Waals surface area contributed by atoms with Gasteiger partial charge in [-0.3, -0.25) is 0 Å². The number of rotatable bonds is 1. The van der Waals surface area contributed by atoms with Gasteiger partial charge in [-0.2, -0.15) is 18.3 Å². The Bertz CT molecular complexity index is 827. The molecule has 0 amide bonds. The summed E-state index contributed by atoms with van der Waals surface area (Å²) < 4.78 is 39.6. The molecule has 0 fully saturated rings. The molecular weight excluding hydrogens is 326 g/mol. The zero-order valence-electron chi connectivity index (χ0n) is 10.2. The van der Waals surface area contributed by atoms with E-state index in [-0.39, 0.29) is 10.8 Å². The Kier molecular flexibility index (Phi) is 3.30. The molecule has 0 aliphatic heterocycles. The average molecular weight is 332 g/mol. The average Bonchev–Trinajstić information content (AvgIpc) is 2.82. The maximum absolute atomic E-state index is 12.8. The van der Waals surface area contributed by atoms with Gasteiger partial charge in [0.15, 0.2) is 5.65 Å². The maximum Gasteiger partial charge on any atom is 0.433 e. The first-order valence-corrected chi connectivity index (χ1v) is 6.49. The van der Waals surface area contributed by atoms with Crippen LogP contribution < -0.4 is 0 Å². The first-order valence-electron chi connectivity index (χ1n) is 5.73. The third-order valence-corrected chi connectivity index (χ3v) is 3.36. The predicted molar refractivity (Wildman–Crippen MR) is 73.4 cm³/mol. The molecule has 0 saturated carbocycles. The van der Waals surface area contributed by atoms with Crippen molar-refractivity contribution in [2.45, 2.75) is 6.18 Å². The minimum absolute atomic E-state index is 0.0251. The second-order valence-corrected chi connectivity index (χ2v) is 5.09. The van der Waals surface area contributed by atoms with Crippen LogP contribution in [0.4, 0.5) is 13.2 Å². The molecule has 2 aromatic heterocycles. The molecule has 0 unspecified atom stereocenters. The summed E-state index contributed by atoms with van der Waals surface area (Å²) in [7, 11) is 0. The van der Waals surface area contributed by atoms with Crippen LogP contribution in [0, 0.1) is 0 Å². The van der Waals surface area contributed by atoms with Gasteiger partial charge in [-0.05, 0) is 17.7 Å². The number of hydrogen-bond acceptors (Lipinski definition) is 2. The van der Waals surface area contributed by atoms with Crippen molar-refractivity contribution < 1.29 is 13.2 Å². The minimum atomic E-state index is -4.58. The van der Waals surface area contributed by atoms with Gasteiger partial charge in [-0.15, -0.1) is 0 Å². The summed E-state index contributed by atoms with van der Waals surface area (Å²) in [6.45, 7) is 0. The van der Waals surface area contributed by atoms with E-state index in [0.29, 0.717) is 16.1 Å². The molecule has 0 radical (unpaired) electrons. The first-order chi connectivity index (χ1) is 9.86. The van der Waals surface area contributed by atoms with Gasteiger partial charge in [-0.1, -0.05) is 35.3 Å². The number of hydrogen-bond donors (Lipinski definition) is 0. The quantitative estimate of drug-likeness (QED) is 0.604. The highest BCUT2D eigenvalue weighted by Crippen LogP contribution is 2.33. The van der Waals surface area contributed by atoms with Crippen LogP contribution in [0.5, 0.6) is 0 Å². The minimum Gasteiger partial charge on any atom is -0.223 e. The van der Waals surface area contributed by atoms with Crippen molar-refractivity contribution in [3.8, 4) is 11.1 Å². The van der Waals surface area contributed by atoms with Gasteiger partial charge < -0.3 is 0 Å². The topological polar surface area (TPSA) is 30.2 Å². The number of benzene rings is 1. The van der Waals surface area contributed by atoms with E-state index in [1.165, 1.54) is 6.20 Å². The fraction of sp³-hybridized carbons (Fsp3) is 0.0769. The molecule has 0 bridgehead atoms. The Balaban J connectivity index is 2.28. The molecule has 0 aliphatic carbocycles. The first kappa shape index (κ1) is 14.2. The monoisotopic (exact) mass is 331 g/mol. The van der Waals surface area contributed by atoms with E-state index in [2.05, 4.69) is 10.1 Å². The van der Waals surface area contributed by atoms with Crippen molar-refractivity contribution >= 4 is 28.8 Å². The molecule has 0 saturated heterocycles. The van der Waals surface area contributed by atoms with Crippen LogP contribution in [-0.4, -0.2) is 14.6 Å². The Hall–Kier alpha value is -1.79. The van der Waals surface area contributed by atoms with Crippen molar-refractivity contribution in [2.75, 3.05) is 0 Å². The summed E-state index contributed by atoms with van der Waals surface area (Å²) in [6.07, 6.45) is -3.18. The second-order valence-electron chi connectivity index (χ2n) is 4.27. The normalized spacial score (nSPS) is 12.0. The highest BCUT2D eigenvalue weighted by molar-refractivity contribution is 6.31. The summed E-state index contributed by atoms with van der Waals surface area (Å²) in [5.74, 6) is 0. The van der Waals surface area contributed by atoms with Gasteiger partial charge in [0.05, 0.1) is 6.20 Å². The lowest BCUT2D eigenvalue weighted by Gasteiger charge is -2.08. The summed E-state index contributed by atoms with van der Waals surface area (Å²) >= 11 is 11.7. The number of alkyl halides is 3. The largest absolute Gasteiger partial charge is 0.433 e. The Morgan fingerprint density at radius 2 is 1.86 bits per heavy atom. The number of aromatic nitrogens is 3. The van der Waals surface area contributed by atoms with Crippen molar-refractivity contribution in [1.29, 1.82) is 0 Å². The van der Waals surface area contributed by atoms with E-state index in [4.69, 9.17) is 23.2 Å². The van der Waals surface area contributed by atoms with E-state index in [0.717, 1.165) is 10.6 Å². The zero-order chi connectivity index (χ0) is 15.2. The van der Waals surface area contributed by atoms with E-state index >= 15 is 0 Å². The van der Waals surface area contributed by atoms with Gasteiger partial charge in [0.25, 0.3) is 0 Å². The van der Waals surface area contributed by atoms with Crippen LogP contribution in [0.1, 0.15) is 5.69 Å². The van der Waals surface area contributed by atoms with Gasteiger partial charge in [-0.25, -0.2) is 9.50 Å². The van der Waals surface area contributed by atoms with E-state index in [1.807, 2.05) is 0 Å². The van der Waals surface area contributed by atoms with Gasteiger partial charge in [0, 0.05) is 16.7 Å². The molecule has 2 heterocycles. The summed E-state index contributed by atoms with van der Waals surface area (Å²) in [5, 5.41) is 4.26. The summed E-state index contributed by atoms with van der Waals surface area (Å²) in [6, 6.07) is 7.42. The highest BCUT2D eigenvalue weighted by atomic mass is 35.5. The third kappa shape index (κ3) is 2.56. The molecule has 0 N–H and O–H groups in total. The van der Waals surface area contributed by atoms with E-state index in [1.54, 1.807) is 24.3 Å². The van der Waals surface area contributed by atoms with Gasteiger partial charge >= 0.3 is 6.18 Å². The van der Waals surface area contributed by atoms with Crippen LogP contribution in [0.15, 0.2) is 36.5 Å². The smallest absolute Gasteiger partial charge is 0.223 e. The lowest BCUT2D eigenvalue weighted by molar-refractivity contribution is -0.141. The number of fused-ring (bicyclic) bond motifs is 1. The van der Waals surface area contributed by atoms with Crippen LogP contribution in [0.3, 0.4) is 0 Å². The second kappa shape index (κ2) is 4.89. The number of halogens is 5. The standard InChI is InChI=1S/C13H6Cl2F3N3/c14-8-3-1-2-7(4-8)9-6-19-21-11(15)5-10(13(16,17)18)20-12(9)21/h1-6H. The van der Waals surface area contributed by atoms with Crippen molar-refractivity contribution in [3.63, 3.8) is 0 Å². The predicted octanol–water partition coefficient (Wildman–Crippen LogP) is 4.72. The molecule has 0 aliphatic rings. The zero-order valence-corrected chi connectivity index (χ0v) is 11.7. The third-order valence-electron chi connectivity index (χ3n) is 2.85. The Morgan fingerprint density at radius 3 is 2.52 bits per heavy atom. The van der Waals surface area contributed by atoms with Gasteiger partial charge in [0.2, 0.25) is 0 Å². The summed E-state index contributed by atoms with van der Waals surface area (Å²) in [5.41, 5.74) is -0.00763. The fourth-order valence-electron chi connectivity index (χ4n) is 1.93. The molecule has 3 nitrogen and oxygen atoms in total. The van der Waals surface area contributed by atoms with Crippen molar-refractivity contribution in [2.24, 2.45) is 0 Å². The molecule has 3 aromatic rings. The van der Waals surface area contributed by atoms with Crippen LogP contribution in [-0.2, 0) is 6.18 Å². The van der Waals surface area contributed by atoms with Crippen LogP contribution in [0.2, 0.25) is 10.2 Å². The van der Waals surface area contributed by atoms with Crippen molar-refractivity contribution in [1.82, 2.24) is 14.6 Å². The van der Waals surface area contributed by atoms with Gasteiger partial charge in [0.1, 0.15) is 10.8 Å². The molecule has 21 heavy (non-hydrogen) atoms. The van der Waals surface area contributed by atoms with Crippen LogP contribution in [0.25, 0.3) is 16.8 Å². The van der Waals surface area contributed by atoms with E-state index in [9.17, 15) is 13.2 Å².